The molecule has 1 aliphatic rings. The van der Waals surface area contributed by atoms with Gasteiger partial charge in [-0.05, 0) is 0 Å². The summed E-state index contributed by atoms with van der Waals surface area (Å²) in [7, 11) is 1.37. The van der Waals surface area contributed by atoms with Crippen molar-refractivity contribution in [2.75, 3.05) is 12.4 Å². The van der Waals surface area contributed by atoms with Crippen LogP contribution in [0.4, 0.5) is 24.5 Å². The summed E-state index contributed by atoms with van der Waals surface area (Å²) in [6, 6.07) is 0.852. The van der Waals surface area contributed by atoms with Gasteiger partial charge in [-0.25, -0.2) is 13.2 Å². The summed E-state index contributed by atoms with van der Waals surface area (Å²) in [5.41, 5.74) is -1.09. The summed E-state index contributed by atoms with van der Waals surface area (Å²) in [5.74, 6) is -4.73. The van der Waals surface area contributed by atoms with Gasteiger partial charge in [-0.1, -0.05) is 0 Å². The number of benzene rings is 1. The van der Waals surface area contributed by atoms with Crippen LogP contribution in [0.1, 0.15) is 23.2 Å². The van der Waals surface area contributed by atoms with Gasteiger partial charge < -0.3 is 10.6 Å². The van der Waals surface area contributed by atoms with Crippen molar-refractivity contribution < 1.29 is 22.9 Å². The van der Waals surface area contributed by atoms with Gasteiger partial charge in [-0.3, -0.25) is 14.9 Å². The largest absolute Gasteiger partial charge is 0.382 e. The van der Waals surface area contributed by atoms with Gasteiger partial charge in [0.1, 0.15) is 11.5 Å². The van der Waals surface area contributed by atoms with Crippen molar-refractivity contribution in [2.24, 2.45) is 0 Å². The topological polar surface area (TPSA) is 84.3 Å². The Bertz CT molecular complexity index is 599. The van der Waals surface area contributed by atoms with Gasteiger partial charge >= 0.3 is 0 Å². The first-order valence-corrected chi connectivity index (χ1v) is 6.08. The van der Waals surface area contributed by atoms with Crippen LogP contribution >= 0.6 is 0 Å². The van der Waals surface area contributed by atoms with Crippen molar-refractivity contribution in [3.63, 3.8) is 0 Å². The zero-order valence-electron chi connectivity index (χ0n) is 11.0. The molecule has 0 unspecified atom stereocenters. The highest BCUT2D eigenvalue weighted by atomic mass is 19.3. The van der Waals surface area contributed by atoms with Crippen molar-refractivity contribution in [3.8, 4) is 0 Å². The number of nitrogens with one attached hydrogen (secondary N) is 2. The summed E-state index contributed by atoms with van der Waals surface area (Å²) in [5, 5.41) is 15.5. The van der Waals surface area contributed by atoms with Crippen LogP contribution in [0, 0.1) is 15.9 Å². The van der Waals surface area contributed by atoms with E-state index in [4.69, 9.17) is 0 Å². The van der Waals surface area contributed by atoms with Crippen molar-refractivity contribution in [1.82, 2.24) is 5.32 Å². The highest BCUT2D eigenvalue weighted by molar-refractivity contribution is 5.96. The fraction of sp³-hybridized carbons (Fsp3) is 0.417. The molecule has 21 heavy (non-hydrogen) atoms. The van der Waals surface area contributed by atoms with Gasteiger partial charge in [0, 0.05) is 38.1 Å². The third-order valence-electron chi connectivity index (χ3n) is 3.22. The normalized spacial score (nSPS) is 17.0. The number of carbonyl (C=O) groups is 1. The maximum absolute atomic E-state index is 13.8. The number of nitrogens with zero attached hydrogens (tertiary/aromatic N) is 1. The number of hydrogen-bond donors (Lipinski definition) is 2. The minimum Gasteiger partial charge on any atom is -0.382 e. The molecule has 0 bridgehead atoms. The Morgan fingerprint density at radius 2 is 2.05 bits per heavy atom. The predicted molar refractivity (Wildman–Crippen MR) is 68.0 cm³/mol. The Kier molecular flexibility index (Phi) is 3.75. The van der Waals surface area contributed by atoms with E-state index in [0.29, 0.717) is 0 Å². The molecule has 1 aromatic carbocycles. The number of carbonyl (C=O) groups excluding carboxylic acids is 1. The number of amides is 1. The lowest BCUT2D eigenvalue weighted by Crippen LogP contribution is -2.50. The Hall–Kier alpha value is -2.32. The molecule has 0 saturated heterocycles. The van der Waals surface area contributed by atoms with Crippen LogP contribution in [0.3, 0.4) is 0 Å². The molecule has 0 atom stereocenters. The SMILES string of the molecule is CNc1cc(F)c(C(=O)NC2CC(F)(F)C2)cc1[N+](=O)[O-]. The standard InChI is InChI=1S/C12H12F3N3O3/c1-16-9-3-8(13)7(2-10(9)18(20)21)11(19)17-6-4-12(14,15)5-6/h2-3,6,16H,4-5H2,1H3,(H,17,19). The number of alkyl halides is 2. The Morgan fingerprint density at radius 1 is 1.43 bits per heavy atom. The van der Waals surface area contributed by atoms with E-state index in [2.05, 4.69) is 10.6 Å². The molecule has 2 rings (SSSR count). The lowest BCUT2D eigenvalue weighted by Gasteiger charge is -2.35. The summed E-state index contributed by atoms with van der Waals surface area (Å²) in [6.07, 6.45) is -1.03. The van der Waals surface area contributed by atoms with Crippen molar-refractivity contribution in [2.45, 2.75) is 24.8 Å². The minimum atomic E-state index is -2.82. The van der Waals surface area contributed by atoms with E-state index >= 15 is 0 Å². The van der Waals surface area contributed by atoms with Gasteiger partial charge in [0.05, 0.1) is 10.5 Å². The monoisotopic (exact) mass is 303 g/mol. The number of nitro benzene ring substituents is 1. The smallest absolute Gasteiger partial charge is 0.293 e. The first-order valence-electron chi connectivity index (χ1n) is 6.08. The molecule has 0 aliphatic heterocycles. The van der Waals surface area contributed by atoms with Gasteiger partial charge in [0.2, 0.25) is 0 Å². The summed E-state index contributed by atoms with van der Waals surface area (Å²) >= 11 is 0. The number of hydrogen-bond acceptors (Lipinski definition) is 4. The number of halogens is 3. The maximum Gasteiger partial charge on any atom is 0.293 e. The summed E-state index contributed by atoms with van der Waals surface area (Å²) < 4.78 is 39.1. The first-order chi connectivity index (χ1) is 9.73. The van der Waals surface area contributed by atoms with E-state index in [-0.39, 0.29) is 5.69 Å². The molecule has 9 heteroatoms. The van der Waals surface area contributed by atoms with Crippen molar-refractivity contribution in [3.05, 3.63) is 33.6 Å². The third-order valence-corrected chi connectivity index (χ3v) is 3.22. The fourth-order valence-corrected chi connectivity index (χ4v) is 2.11. The molecule has 0 heterocycles. The van der Waals surface area contributed by atoms with Crippen LogP contribution in [0.25, 0.3) is 0 Å². The van der Waals surface area contributed by atoms with E-state index in [9.17, 15) is 28.1 Å². The Balaban J connectivity index is 2.21. The van der Waals surface area contributed by atoms with E-state index in [1.165, 1.54) is 7.05 Å². The quantitative estimate of drug-likeness (QED) is 0.660. The number of rotatable bonds is 4. The molecule has 0 radical (unpaired) electrons. The van der Waals surface area contributed by atoms with Gasteiger partial charge in [0.15, 0.2) is 0 Å². The molecule has 1 amide bonds. The summed E-state index contributed by atoms with van der Waals surface area (Å²) in [6.45, 7) is 0. The molecular weight excluding hydrogens is 291 g/mol. The Labute approximate surface area is 117 Å². The molecule has 2 N–H and O–H groups in total. The van der Waals surface area contributed by atoms with Crippen LogP contribution in [-0.4, -0.2) is 29.8 Å². The zero-order valence-corrected chi connectivity index (χ0v) is 11.0. The second-order valence-electron chi connectivity index (χ2n) is 4.79. The lowest BCUT2D eigenvalue weighted by molar-refractivity contribution is -0.384. The zero-order chi connectivity index (χ0) is 15.8. The molecule has 1 aliphatic carbocycles. The molecule has 0 aromatic heterocycles. The van der Waals surface area contributed by atoms with Crippen LogP contribution < -0.4 is 10.6 Å². The molecule has 1 saturated carbocycles. The van der Waals surface area contributed by atoms with E-state index in [0.717, 1.165) is 12.1 Å². The summed E-state index contributed by atoms with van der Waals surface area (Å²) in [4.78, 5) is 21.9. The van der Waals surface area contributed by atoms with E-state index < -0.39 is 52.7 Å². The molecule has 0 spiro atoms. The third kappa shape index (κ3) is 3.06. The lowest BCUT2D eigenvalue weighted by atomic mass is 9.88. The van der Waals surface area contributed by atoms with Gasteiger partial charge in [0.25, 0.3) is 17.5 Å². The molecular formula is C12H12F3N3O3. The van der Waals surface area contributed by atoms with Crippen molar-refractivity contribution >= 4 is 17.3 Å². The maximum atomic E-state index is 13.8. The van der Waals surface area contributed by atoms with E-state index in [1.807, 2.05) is 0 Å². The number of nitro groups is 1. The average Bonchev–Trinajstić information content (AvgIpc) is 2.35. The average molecular weight is 303 g/mol. The van der Waals surface area contributed by atoms with Crippen LogP contribution in [0.2, 0.25) is 0 Å². The van der Waals surface area contributed by atoms with Gasteiger partial charge in [-0.15, -0.1) is 0 Å². The molecule has 6 nitrogen and oxygen atoms in total. The highest BCUT2D eigenvalue weighted by Crippen LogP contribution is 2.37. The van der Waals surface area contributed by atoms with E-state index in [1.54, 1.807) is 0 Å². The predicted octanol–water partition coefficient (Wildman–Crippen LogP) is 2.30. The minimum absolute atomic E-state index is 0.0794. The first kappa shape index (κ1) is 15.1. The van der Waals surface area contributed by atoms with Crippen LogP contribution in [-0.2, 0) is 0 Å². The second-order valence-corrected chi connectivity index (χ2v) is 4.79. The molecule has 114 valence electrons. The Morgan fingerprint density at radius 3 is 2.52 bits per heavy atom. The molecule has 1 fully saturated rings. The highest BCUT2D eigenvalue weighted by Gasteiger charge is 2.46. The van der Waals surface area contributed by atoms with Crippen molar-refractivity contribution in [1.29, 1.82) is 0 Å². The molecule has 1 aromatic rings. The fourth-order valence-electron chi connectivity index (χ4n) is 2.11. The number of anilines is 1. The van der Waals surface area contributed by atoms with Gasteiger partial charge in [-0.2, -0.15) is 0 Å². The van der Waals surface area contributed by atoms with Crippen LogP contribution in [0.15, 0.2) is 12.1 Å². The second kappa shape index (κ2) is 5.23. The van der Waals surface area contributed by atoms with Crippen LogP contribution in [0.5, 0.6) is 0 Å².